The van der Waals surface area contributed by atoms with Gasteiger partial charge in [-0.15, -0.1) is 12.4 Å². The molecule has 0 radical (unpaired) electrons. The molecule has 2 aromatic carbocycles. The molecule has 0 bridgehead atoms. The number of nitrogens with one attached hydrogen (secondary N) is 1. The van der Waals surface area contributed by atoms with E-state index in [4.69, 9.17) is 0 Å². The molecule has 2 aromatic rings. The molecule has 1 unspecified atom stereocenters. The molecule has 24 heavy (non-hydrogen) atoms. The second-order valence-electron chi connectivity index (χ2n) is 6.25. The molecule has 0 saturated carbocycles. The van der Waals surface area contributed by atoms with Crippen molar-refractivity contribution in [3.63, 3.8) is 0 Å². The van der Waals surface area contributed by atoms with Gasteiger partial charge in [0.15, 0.2) is 0 Å². The van der Waals surface area contributed by atoms with E-state index >= 15 is 0 Å². The molecule has 130 valence electrons. The van der Waals surface area contributed by atoms with Gasteiger partial charge < -0.3 is 10.2 Å². The molecular weight excluding hydrogens is 320 g/mol. The fourth-order valence-corrected chi connectivity index (χ4v) is 2.57. The highest BCUT2D eigenvalue weighted by atomic mass is 35.5. The maximum Gasteiger partial charge on any atom is 0.251 e. The minimum atomic E-state index is -0.0105. The first-order valence-electron chi connectivity index (χ1n) is 8.13. The minimum Gasteiger partial charge on any atom is -0.345 e. The number of halogens is 1. The van der Waals surface area contributed by atoms with Gasteiger partial charge in [0.2, 0.25) is 0 Å². The Morgan fingerprint density at radius 1 is 1.04 bits per heavy atom. The number of rotatable bonds is 7. The summed E-state index contributed by atoms with van der Waals surface area (Å²) in [6.07, 6.45) is 1.97. The quantitative estimate of drug-likeness (QED) is 0.813. The van der Waals surface area contributed by atoms with Crippen LogP contribution in [0.25, 0.3) is 0 Å². The Morgan fingerprint density at radius 3 is 2.25 bits per heavy atom. The van der Waals surface area contributed by atoms with Crippen LogP contribution in [0, 0.1) is 6.92 Å². The number of hydrogen-bond donors (Lipinski definition) is 1. The molecule has 0 heterocycles. The number of benzene rings is 2. The van der Waals surface area contributed by atoms with Gasteiger partial charge >= 0.3 is 0 Å². The zero-order valence-corrected chi connectivity index (χ0v) is 15.5. The molecule has 4 heteroatoms. The smallest absolute Gasteiger partial charge is 0.251 e. The molecule has 0 saturated heterocycles. The molecule has 2 rings (SSSR count). The number of amides is 1. The van der Waals surface area contributed by atoms with E-state index in [0.29, 0.717) is 5.56 Å². The first kappa shape index (κ1) is 20.2. The summed E-state index contributed by atoms with van der Waals surface area (Å²) < 4.78 is 0. The summed E-state index contributed by atoms with van der Waals surface area (Å²) in [6, 6.07) is 18.0. The largest absolute Gasteiger partial charge is 0.345 e. The molecule has 1 atom stereocenters. The number of carbonyl (C=O) groups excluding carboxylic acids is 1. The molecule has 3 nitrogen and oxygen atoms in total. The summed E-state index contributed by atoms with van der Waals surface area (Å²) >= 11 is 0. The molecule has 0 aromatic heterocycles. The van der Waals surface area contributed by atoms with E-state index in [0.717, 1.165) is 30.5 Å². The van der Waals surface area contributed by atoms with Crippen molar-refractivity contribution < 1.29 is 4.79 Å². The van der Waals surface area contributed by atoms with Crippen LogP contribution in [0.1, 0.15) is 40.4 Å². The van der Waals surface area contributed by atoms with Gasteiger partial charge in [0, 0.05) is 5.56 Å². The van der Waals surface area contributed by atoms with Gasteiger partial charge in [-0.1, -0.05) is 48.0 Å². The van der Waals surface area contributed by atoms with Crippen LogP contribution in [0.3, 0.4) is 0 Å². The molecular formula is C20H27ClN2O. The lowest BCUT2D eigenvalue weighted by Gasteiger charge is -2.20. The standard InChI is InChI=1S/C20H26N2O.ClH/c1-16-11-13-18(14-12-16)20(23)21-19(10-7-15-22(2)3)17-8-5-4-6-9-17;/h4-6,8-9,11-14,19H,7,10,15H2,1-3H3,(H,21,23);1H. The lowest BCUT2D eigenvalue weighted by atomic mass is 10.0. The van der Waals surface area contributed by atoms with E-state index in [9.17, 15) is 4.79 Å². The lowest BCUT2D eigenvalue weighted by Crippen LogP contribution is -2.29. The van der Waals surface area contributed by atoms with Gasteiger partial charge in [0.05, 0.1) is 6.04 Å². The molecule has 0 spiro atoms. The molecule has 1 amide bonds. The average Bonchev–Trinajstić information content (AvgIpc) is 2.55. The second-order valence-corrected chi connectivity index (χ2v) is 6.25. The van der Waals surface area contributed by atoms with Crippen LogP contribution in [0.5, 0.6) is 0 Å². The Balaban J connectivity index is 0.00000288. The van der Waals surface area contributed by atoms with Crippen molar-refractivity contribution in [2.75, 3.05) is 20.6 Å². The van der Waals surface area contributed by atoms with Gasteiger partial charge in [0.1, 0.15) is 0 Å². The Bertz CT molecular complexity index is 611. The van der Waals surface area contributed by atoms with Gasteiger partial charge in [-0.05, 0) is 58.1 Å². The van der Waals surface area contributed by atoms with Gasteiger partial charge in [0.25, 0.3) is 5.91 Å². The number of hydrogen-bond acceptors (Lipinski definition) is 2. The van der Waals surface area contributed by atoms with E-state index in [-0.39, 0.29) is 24.4 Å². The highest BCUT2D eigenvalue weighted by molar-refractivity contribution is 5.94. The highest BCUT2D eigenvalue weighted by Crippen LogP contribution is 2.19. The fraction of sp³-hybridized carbons (Fsp3) is 0.350. The van der Waals surface area contributed by atoms with Gasteiger partial charge in [-0.2, -0.15) is 0 Å². The van der Waals surface area contributed by atoms with E-state index in [1.165, 1.54) is 0 Å². The van der Waals surface area contributed by atoms with Crippen molar-refractivity contribution >= 4 is 18.3 Å². The van der Waals surface area contributed by atoms with Gasteiger partial charge in [-0.25, -0.2) is 0 Å². The van der Waals surface area contributed by atoms with E-state index in [1.54, 1.807) is 0 Å². The molecule has 0 aliphatic heterocycles. The SMILES string of the molecule is Cc1ccc(C(=O)NC(CCCN(C)C)c2ccccc2)cc1.Cl. The van der Waals surface area contributed by atoms with Crippen LogP contribution >= 0.6 is 12.4 Å². The third kappa shape index (κ3) is 6.34. The Morgan fingerprint density at radius 2 is 1.67 bits per heavy atom. The zero-order chi connectivity index (χ0) is 16.7. The van der Waals surface area contributed by atoms with Crippen molar-refractivity contribution in [3.8, 4) is 0 Å². The number of aryl methyl sites for hydroxylation is 1. The molecule has 0 fully saturated rings. The van der Waals surface area contributed by atoms with Gasteiger partial charge in [-0.3, -0.25) is 4.79 Å². The topological polar surface area (TPSA) is 32.3 Å². The van der Waals surface area contributed by atoms with E-state index < -0.39 is 0 Å². The number of carbonyl (C=O) groups is 1. The third-order valence-corrected chi connectivity index (χ3v) is 3.92. The average molecular weight is 347 g/mol. The Kier molecular flexibility index (Phi) is 8.51. The zero-order valence-electron chi connectivity index (χ0n) is 14.7. The summed E-state index contributed by atoms with van der Waals surface area (Å²) in [6.45, 7) is 3.04. The van der Waals surface area contributed by atoms with Crippen LogP contribution in [-0.4, -0.2) is 31.4 Å². The van der Waals surface area contributed by atoms with Crippen molar-refractivity contribution in [3.05, 3.63) is 71.3 Å². The van der Waals surface area contributed by atoms with Crippen LogP contribution in [0.4, 0.5) is 0 Å². The predicted octanol–water partition coefficient (Wildman–Crippen LogP) is 4.23. The summed E-state index contributed by atoms with van der Waals surface area (Å²) in [5, 5.41) is 3.19. The monoisotopic (exact) mass is 346 g/mol. The highest BCUT2D eigenvalue weighted by Gasteiger charge is 2.15. The summed E-state index contributed by atoms with van der Waals surface area (Å²) in [4.78, 5) is 14.7. The molecule has 1 N–H and O–H groups in total. The van der Waals surface area contributed by atoms with Crippen LogP contribution < -0.4 is 5.32 Å². The van der Waals surface area contributed by atoms with E-state index in [1.807, 2.05) is 49.4 Å². The van der Waals surface area contributed by atoms with Crippen LogP contribution in [0.15, 0.2) is 54.6 Å². The second kappa shape index (κ2) is 10.1. The fourth-order valence-electron chi connectivity index (χ4n) is 2.57. The molecule has 0 aliphatic rings. The summed E-state index contributed by atoms with van der Waals surface area (Å²) in [7, 11) is 4.14. The van der Waals surface area contributed by atoms with Crippen molar-refractivity contribution in [2.45, 2.75) is 25.8 Å². The first-order chi connectivity index (χ1) is 11.1. The lowest BCUT2D eigenvalue weighted by molar-refractivity contribution is 0.0933. The molecule has 0 aliphatic carbocycles. The van der Waals surface area contributed by atoms with Crippen LogP contribution in [0.2, 0.25) is 0 Å². The Labute approximate surface area is 151 Å². The summed E-state index contributed by atoms with van der Waals surface area (Å²) in [5.74, 6) is -0.0105. The first-order valence-corrected chi connectivity index (χ1v) is 8.13. The van der Waals surface area contributed by atoms with Crippen molar-refractivity contribution in [1.82, 2.24) is 10.2 Å². The number of nitrogens with zero attached hydrogens (tertiary/aromatic N) is 1. The third-order valence-electron chi connectivity index (χ3n) is 3.92. The summed E-state index contributed by atoms with van der Waals surface area (Å²) in [5.41, 5.74) is 3.03. The van der Waals surface area contributed by atoms with Crippen molar-refractivity contribution in [2.24, 2.45) is 0 Å². The van der Waals surface area contributed by atoms with Crippen LogP contribution in [-0.2, 0) is 0 Å². The maximum atomic E-state index is 12.5. The predicted molar refractivity (Wildman–Crippen MR) is 103 cm³/mol. The maximum absolute atomic E-state index is 12.5. The Hall–Kier alpha value is -1.84. The van der Waals surface area contributed by atoms with E-state index in [2.05, 4.69) is 36.4 Å². The minimum absolute atomic E-state index is 0. The van der Waals surface area contributed by atoms with Crippen molar-refractivity contribution in [1.29, 1.82) is 0 Å². The normalized spacial score (nSPS) is 11.7.